The van der Waals surface area contributed by atoms with Gasteiger partial charge in [0, 0.05) is 0 Å². The highest BCUT2D eigenvalue weighted by atomic mass is 14.1. The van der Waals surface area contributed by atoms with Gasteiger partial charge in [0.15, 0.2) is 0 Å². The average molecular weight is 194 g/mol. The van der Waals surface area contributed by atoms with Crippen molar-refractivity contribution < 1.29 is 0 Å². The molecule has 1 saturated carbocycles. The molecule has 0 heteroatoms. The molecule has 0 heterocycles. The van der Waals surface area contributed by atoms with Crippen LogP contribution in [0, 0.1) is 5.92 Å². The summed E-state index contributed by atoms with van der Waals surface area (Å²) in [7, 11) is 0. The highest BCUT2D eigenvalue weighted by molar-refractivity contribution is 5.06. The van der Waals surface area contributed by atoms with E-state index in [1.807, 2.05) is 0 Å². The van der Waals surface area contributed by atoms with E-state index in [2.05, 4.69) is 19.9 Å². The van der Waals surface area contributed by atoms with Crippen LogP contribution in [-0.2, 0) is 0 Å². The van der Waals surface area contributed by atoms with Gasteiger partial charge in [-0.05, 0) is 44.4 Å². The number of unbranched alkanes of at least 4 members (excludes halogenated alkanes) is 1. The van der Waals surface area contributed by atoms with Crippen molar-refractivity contribution in [3.8, 4) is 0 Å². The Kier molecular flexibility index (Phi) is 5.98. The molecule has 14 heavy (non-hydrogen) atoms. The Balaban J connectivity index is 2.35. The first kappa shape index (κ1) is 11.8. The molecule has 0 spiro atoms. The van der Waals surface area contributed by atoms with Crippen molar-refractivity contribution in [1.29, 1.82) is 0 Å². The molecule has 0 saturated heterocycles. The zero-order valence-electron chi connectivity index (χ0n) is 10.0. The molecule has 0 aliphatic heterocycles. The van der Waals surface area contributed by atoms with Gasteiger partial charge < -0.3 is 0 Å². The number of allylic oxidation sites excluding steroid dienone is 2. The fraction of sp³-hybridized carbons (Fsp3) is 0.857. The summed E-state index contributed by atoms with van der Waals surface area (Å²) in [4.78, 5) is 0. The smallest absolute Gasteiger partial charge is 0.0233 e. The topological polar surface area (TPSA) is 0 Å². The fourth-order valence-electron chi connectivity index (χ4n) is 2.38. The van der Waals surface area contributed by atoms with Gasteiger partial charge >= 0.3 is 0 Å². The van der Waals surface area contributed by atoms with E-state index in [0.717, 1.165) is 5.92 Å². The second-order valence-corrected chi connectivity index (χ2v) is 4.70. The van der Waals surface area contributed by atoms with Crippen LogP contribution in [0.4, 0.5) is 0 Å². The van der Waals surface area contributed by atoms with E-state index in [1.54, 1.807) is 5.57 Å². The summed E-state index contributed by atoms with van der Waals surface area (Å²) in [6.45, 7) is 4.63. The summed E-state index contributed by atoms with van der Waals surface area (Å²) in [5.41, 5.74) is 1.76. The predicted octanol–water partition coefficient (Wildman–Crippen LogP) is 5.09. The molecule has 0 aromatic heterocycles. The van der Waals surface area contributed by atoms with Crippen LogP contribution in [0.1, 0.15) is 71.6 Å². The van der Waals surface area contributed by atoms with E-state index in [1.165, 1.54) is 57.8 Å². The lowest BCUT2D eigenvalue weighted by Gasteiger charge is -2.17. The summed E-state index contributed by atoms with van der Waals surface area (Å²) in [5, 5.41) is 0. The Morgan fingerprint density at radius 3 is 2.43 bits per heavy atom. The van der Waals surface area contributed by atoms with Crippen LogP contribution in [0.2, 0.25) is 0 Å². The van der Waals surface area contributed by atoms with Crippen molar-refractivity contribution in [3.63, 3.8) is 0 Å². The SMILES string of the molecule is CCCCC(C=C1CCCCC1)CC. The molecule has 0 aromatic rings. The Bertz CT molecular complexity index is 159. The largest absolute Gasteiger partial charge is 0.0822 e. The van der Waals surface area contributed by atoms with Gasteiger partial charge in [-0.25, -0.2) is 0 Å². The molecule has 1 rings (SSSR count). The zero-order chi connectivity index (χ0) is 10.2. The number of hydrogen-bond acceptors (Lipinski definition) is 0. The van der Waals surface area contributed by atoms with E-state index >= 15 is 0 Å². The van der Waals surface area contributed by atoms with E-state index in [0.29, 0.717) is 0 Å². The molecule has 1 aliphatic rings. The highest BCUT2D eigenvalue weighted by Crippen LogP contribution is 2.26. The number of rotatable bonds is 5. The van der Waals surface area contributed by atoms with Gasteiger partial charge in [-0.1, -0.05) is 44.8 Å². The zero-order valence-corrected chi connectivity index (χ0v) is 10.0. The normalized spacial score (nSPS) is 19.4. The van der Waals surface area contributed by atoms with Crippen LogP contribution in [0.3, 0.4) is 0 Å². The maximum absolute atomic E-state index is 2.61. The quantitative estimate of drug-likeness (QED) is 0.534. The lowest BCUT2D eigenvalue weighted by molar-refractivity contribution is 0.523. The maximum atomic E-state index is 2.61. The molecule has 1 atom stereocenters. The molecule has 1 aliphatic carbocycles. The second-order valence-electron chi connectivity index (χ2n) is 4.70. The maximum Gasteiger partial charge on any atom is -0.0233 e. The molecular weight excluding hydrogens is 168 g/mol. The van der Waals surface area contributed by atoms with Crippen molar-refractivity contribution in [1.82, 2.24) is 0 Å². The minimum absolute atomic E-state index is 0.878. The third-order valence-corrected chi connectivity index (χ3v) is 3.42. The molecule has 0 aromatic carbocycles. The molecule has 0 N–H and O–H groups in total. The lowest BCUT2D eigenvalue weighted by Crippen LogP contribution is -2.00. The fourth-order valence-corrected chi connectivity index (χ4v) is 2.38. The number of hydrogen-bond donors (Lipinski definition) is 0. The monoisotopic (exact) mass is 194 g/mol. The summed E-state index contributed by atoms with van der Waals surface area (Å²) < 4.78 is 0. The first-order valence-corrected chi connectivity index (χ1v) is 6.56. The van der Waals surface area contributed by atoms with Crippen LogP contribution < -0.4 is 0 Å². The van der Waals surface area contributed by atoms with Crippen molar-refractivity contribution in [2.45, 2.75) is 71.6 Å². The summed E-state index contributed by atoms with van der Waals surface area (Å²) in [6, 6.07) is 0. The summed E-state index contributed by atoms with van der Waals surface area (Å²) in [6.07, 6.45) is 15.2. The first-order valence-electron chi connectivity index (χ1n) is 6.56. The molecule has 0 nitrogen and oxygen atoms in total. The molecule has 0 amide bonds. The van der Waals surface area contributed by atoms with Gasteiger partial charge in [-0.2, -0.15) is 0 Å². The van der Waals surface area contributed by atoms with Crippen molar-refractivity contribution in [2.24, 2.45) is 5.92 Å². The van der Waals surface area contributed by atoms with Crippen molar-refractivity contribution >= 4 is 0 Å². The summed E-state index contributed by atoms with van der Waals surface area (Å²) >= 11 is 0. The lowest BCUT2D eigenvalue weighted by atomic mass is 9.89. The first-order chi connectivity index (χ1) is 6.86. The van der Waals surface area contributed by atoms with Crippen LogP contribution >= 0.6 is 0 Å². The van der Waals surface area contributed by atoms with Crippen LogP contribution in [0.25, 0.3) is 0 Å². The van der Waals surface area contributed by atoms with Gasteiger partial charge in [0.05, 0.1) is 0 Å². The molecular formula is C14H26. The Hall–Kier alpha value is -0.260. The van der Waals surface area contributed by atoms with Crippen molar-refractivity contribution in [3.05, 3.63) is 11.6 Å². The second kappa shape index (κ2) is 7.09. The van der Waals surface area contributed by atoms with E-state index in [4.69, 9.17) is 0 Å². The van der Waals surface area contributed by atoms with E-state index in [9.17, 15) is 0 Å². The van der Waals surface area contributed by atoms with E-state index < -0.39 is 0 Å². The standard InChI is InChI=1S/C14H26/c1-3-5-9-13(4-2)12-14-10-7-6-8-11-14/h12-13H,3-11H2,1-2H3. The molecule has 82 valence electrons. The Morgan fingerprint density at radius 1 is 1.14 bits per heavy atom. The highest BCUT2D eigenvalue weighted by Gasteiger charge is 2.08. The minimum Gasteiger partial charge on any atom is -0.0822 e. The molecule has 0 radical (unpaired) electrons. The van der Waals surface area contributed by atoms with Crippen LogP contribution in [-0.4, -0.2) is 0 Å². The average Bonchev–Trinajstić information content (AvgIpc) is 2.25. The third kappa shape index (κ3) is 4.30. The van der Waals surface area contributed by atoms with Gasteiger partial charge in [0.1, 0.15) is 0 Å². The third-order valence-electron chi connectivity index (χ3n) is 3.42. The predicted molar refractivity (Wildman–Crippen MR) is 64.5 cm³/mol. The molecule has 1 unspecified atom stereocenters. The van der Waals surface area contributed by atoms with E-state index in [-0.39, 0.29) is 0 Å². The Morgan fingerprint density at radius 2 is 1.86 bits per heavy atom. The van der Waals surface area contributed by atoms with Crippen LogP contribution in [0.5, 0.6) is 0 Å². The minimum atomic E-state index is 0.878. The molecule has 1 fully saturated rings. The van der Waals surface area contributed by atoms with Gasteiger partial charge in [0.2, 0.25) is 0 Å². The van der Waals surface area contributed by atoms with Gasteiger partial charge in [0.25, 0.3) is 0 Å². The van der Waals surface area contributed by atoms with Gasteiger partial charge in [-0.15, -0.1) is 0 Å². The molecule has 0 bridgehead atoms. The summed E-state index contributed by atoms with van der Waals surface area (Å²) in [5.74, 6) is 0.878. The van der Waals surface area contributed by atoms with Crippen LogP contribution in [0.15, 0.2) is 11.6 Å². The van der Waals surface area contributed by atoms with Gasteiger partial charge in [-0.3, -0.25) is 0 Å². The van der Waals surface area contributed by atoms with Crippen molar-refractivity contribution in [2.75, 3.05) is 0 Å². The Labute approximate surface area is 89.8 Å².